The fourth-order valence-corrected chi connectivity index (χ4v) is 6.48. The van der Waals surface area contributed by atoms with Gasteiger partial charge < -0.3 is 10.2 Å². The molecule has 0 spiro atoms. The molecule has 0 heterocycles. The highest BCUT2D eigenvalue weighted by Gasteiger charge is 2.59. The standard InChI is InChI=1S/C21H26O4/c1-11(22)14-6-7-15-13-5-4-12-10-17(23)18(24)19(25)21(12,3)16(13)8-9-20(14,15)2/h6,10,13,15-16,24-25H,4-5,7-9H2,1-3H3/t13-,15-,16-,20+,21-/m0/s1. The van der Waals surface area contributed by atoms with E-state index in [1.807, 2.05) is 6.92 Å². The molecular formula is C21H26O4. The van der Waals surface area contributed by atoms with Crippen LogP contribution >= 0.6 is 0 Å². The van der Waals surface area contributed by atoms with E-state index in [2.05, 4.69) is 13.0 Å². The van der Waals surface area contributed by atoms with Gasteiger partial charge in [-0.25, -0.2) is 0 Å². The lowest BCUT2D eigenvalue weighted by Crippen LogP contribution is -2.51. The van der Waals surface area contributed by atoms with Crippen LogP contribution in [0.5, 0.6) is 0 Å². The van der Waals surface area contributed by atoms with E-state index in [1.165, 1.54) is 6.08 Å². The van der Waals surface area contributed by atoms with E-state index in [9.17, 15) is 19.8 Å². The Morgan fingerprint density at radius 1 is 1.20 bits per heavy atom. The number of hydrogen-bond acceptors (Lipinski definition) is 4. The van der Waals surface area contributed by atoms with Crippen LogP contribution < -0.4 is 0 Å². The molecule has 0 aromatic rings. The highest BCUT2D eigenvalue weighted by Crippen LogP contribution is 2.65. The minimum Gasteiger partial charge on any atom is -0.507 e. The maximum Gasteiger partial charge on any atom is 0.223 e. The first kappa shape index (κ1) is 16.6. The van der Waals surface area contributed by atoms with Crippen LogP contribution in [-0.4, -0.2) is 21.8 Å². The zero-order valence-corrected chi connectivity index (χ0v) is 15.1. The highest BCUT2D eigenvalue weighted by atomic mass is 16.3. The number of carbonyl (C=O) groups excluding carboxylic acids is 2. The van der Waals surface area contributed by atoms with Crippen molar-refractivity contribution in [2.75, 3.05) is 0 Å². The van der Waals surface area contributed by atoms with Crippen molar-refractivity contribution >= 4 is 11.6 Å². The smallest absolute Gasteiger partial charge is 0.223 e. The molecule has 134 valence electrons. The normalized spacial score (nSPS) is 43.0. The molecule has 0 unspecified atom stereocenters. The van der Waals surface area contributed by atoms with E-state index in [-0.39, 0.29) is 22.9 Å². The molecule has 0 saturated heterocycles. The molecular weight excluding hydrogens is 316 g/mol. The first-order valence-corrected chi connectivity index (χ1v) is 9.31. The lowest BCUT2D eigenvalue weighted by molar-refractivity contribution is -0.117. The number of fused-ring (bicyclic) bond motifs is 5. The number of carbonyl (C=O) groups is 2. The average molecular weight is 342 g/mol. The molecule has 25 heavy (non-hydrogen) atoms. The third kappa shape index (κ3) is 1.94. The van der Waals surface area contributed by atoms with Gasteiger partial charge in [0.05, 0.1) is 5.41 Å². The zero-order valence-electron chi connectivity index (χ0n) is 15.1. The summed E-state index contributed by atoms with van der Waals surface area (Å²) in [6.07, 6.45) is 8.12. The number of rotatable bonds is 1. The number of aliphatic hydroxyl groups is 2. The SMILES string of the molecule is CC(=O)C1=CC[C@H]2[C@@H]3CCC4=CC(=O)C(O)=C(O)[C@]4(C)[C@H]3CC[C@]12C. The molecule has 0 bridgehead atoms. The number of ketones is 2. The molecule has 0 aliphatic heterocycles. The van der Waals surface area contributed by atoms with Gasteiger partial charge in [0.1, 0.15) is 5.76 Å². The topological polar surface area (TPSA) is 74.6 Å². The fraction of sp³-hybridized carbons (Fsp3) is 0.619. The molecule has 0 aromatic carbocycles. The molecule has 2 N–H and O–H groups in total. The predicted molar refractivity (Wildman–Crippen MR) is 93.9 cm³/mol. The summed E-state index contributed by atoms with van der Waals surface area (Å²) in [4.78, 5) is 24.0. The zero-order chi connectivity index (χ0) is 18.1. The summed E-state index contributed by atoms with van der Waals surface area (Å²) in [6, 6.07) is 0. The molecule has 4 rings (SSSR count). The van der Waals surface area contributed by atoms with Crippen LogP contribution in [-0.2, 0) is 9.59 Å². The monoisotopic (exact) mass is 342 g/mol. The van der Waals surface area contributed by atoms with E-state index in [0.717, 1.165) is 43.3 Å². The first-order valence-electron chi connectivity index (χ1n) is 9.31. The summed E-state index contributed by atoms with van der Waals surface area (Å²) in [5, 5.41) is 20.8. The van der Waals surface area contributed by atoms with Gasteiger partial charge in [-0.3, -0.25) is 9.59 Å². The largest absolute Gasteiger partial charge is 0.507 e. The Labute approximate surface area is 148 Å². The van der Waals surface area contributed by atoms with Crippen molar-refractivity contribution in [3.63, 3.8) is 0 Å². The number of hydrogen-bond donors (Lipinski definition) is 2. The van der Waals surface area contributed by atoms with E-state index >= 15 is 0 Å². The summed E-state index contributed by atoms with van der Waals surface area (Å²) < 4.78 is 0. The molecule has 2 fully saturated rings. The van der Waals surface area contributed by atoms with E-state index in [1.54, 1.807) is 6.92 Å². The lowest BCUT2D eigenvalue weighted by atomic mass is 9.47. The summed E-state index contributed by atoms with van der Waals surface area (Å²) in [6.45, 7) is 5.86. The predicted octanol–water partition coefficient (Wildman–Crippen LogP) is 4.19. The van der Waals surface area contributed by atoms with Gasteiger partial charge in [0.15, 0.2) is 5.78 Å². The molecule has 4 heteroatoms. The molecule has 4 nitrogen and oxygen atoms in total. The van der Waals surface area contributed by atoms with Gasteiger partial charge in [0.2, 0.25) is 11.5 Å². The number of Topliss-reactive ketones (excluding diaryl/α,β-unsaturated/α-hetero) is 1. The van der Waals surface area contributed by atoms with Gasteiger partial charge in [-0.15, -0.1) is 0 Å². The molecule has 0 radical (unpaired) electrons. The van der Waals surface area contributed by atoms with Crippen LogP contribution in [0.4, 0.5) is 0 Å². The van der Waals surface area contributed by atoms with Gasteiger partial charge in [-0.05, 0) is 80.8 Å². The molecule has 4 aliphatic carbocycles. The molecule has 5 atom stereocenters. The van der Waals surface area contributed by atoms with Crippen LogP contribution in [0.15, 0.2) is 34.8 Å². The van der Waals surface area contributed by atoms with Crippen molar-refractivity contribution < 1.29 is 19.8 Å². The van der Waals surface area contributed by atoms with Crippen molar-refractivity contribution in [1.29, 1.82) is 0 Å². The maximum absolute atomic E-state index is 12.1. The third-order valence-corrected chi connectivity index (χ3v) is 7.81. The molecule has 4 aliphatic rings. The third-order valence-electron chi connectivity index (χ3n) is 7.81. The van der Waals surface area contributed by atoms with E-state index in [0.29, 0.717) is 11.8 Å². The number of aliphatic hydroxyl groups excluding tert-OH is 2. The lowest BCUT2D eigenvalue weighted by Gasteiger charge is -2.57. The Hall–Kier alpha value is -1.84. The summed E-state index contributed by atoms with van der Waals surface area (Å²) in [5.41, 5.74) is 1.21. The fourth-order valence-electron chi connectivity index (χ4n) is 6.48. The Balaban J connectivity index is 1.74. The second-order valence-corrected chi connectivity index (χ2v) is 8.71. The van der Waals surface area contributed by atoms with Gasteiger partial charge in [-0.2, -0.15) is 0 Å². The minimum absolute atomic E-state index is 0.0730. The van der Waals surface area contributed by atoms with Crippen LogP contribution in [0.3, 0.4) is 0 Å². The molecule has 0 aromatic heterocycles. The van der Waals surface area contributed by atoms with Crippen molar-refractivity contribution in [1.82, 2.24) is 0 Å². The van der Waals surface area contributed by atoms with Crippen molar-refractivity contribution in [2.45, 2.75) is 52.9 Å². The molecule has 2 saturated carbocycles. The Morgan fingerprint density at radius 3 is 2.60 bits per heavy atom. The Bertz CT molecular complexity index is 771. The second kappa shape index (κ2) is 5.09. The average Bonchev–Trinajstić information content (AvgIpc) is 2.92. The summed E-state index contributed by atoms with van der Waals surface area (Å²) >= 11 is 0. The van der Waals surface area contributed by atoms with Crippen LogP contribution in [0.25, 0.3) is 0 Å². The van der Waals surface area contributed by atoms with Crippen molar-refractivity contribution in [3.8, 4) is 0 Å². The molecule has 0 amide bonds. The van der Waals surface area contributed by atoms with Crippen LogP contribution in [0.2, 0.25) is 0 Å². The van der Waals surface area contributed by atoms with Gasteiger partial charge >= 0.3 is 0 Å². The quantitative estimate of drug-likeness (QED) is 0.749. The Kier molecular flexibility index (Phi) is 3.38. The van der Waals surface area contributed by atoms with E-state index in [4.69, 9.17) is 0 Å². The number of allylic oxidation sites excluding steroid dienone is 4. The van der Waals surface area contributed by atoms with Crippen molar-refractivity contribution in [2.24, 2.45) is 28.6 Å². The Morgan fingerprint density at radius 2 is 1.92 bits per heavy atom. The van der Waals surface area contributed by atoms with Gasteiger partial charge in [0, 0.05) is 0 Å². The minimum atomic E-state index is -0.652. The van der Waals surface area contributed by atoms with Crippen LogP contribution in [0.1, 0.15) is 52.9 Å². The highest BCUT2D eigenvalue weighted by molar-refractivity contribution is 6.04. The van der Waals surface area contributed by atoms with Gasteiger partial charge in [-0.1, -0.05) is 18.6 Å². The first-order chi connectivity index (χ1) is 11.7. The van der Waals surface area contributed by atoms with Crippen molar-refractivity contribution in [3.05, 3.63) is 34.8 Å². The van der Waals surface area contributed by atoms with Crippen LogP contribution in [0, 0.1) is 28.6 Å². The van der Waals surface area contributed by atoms with Gasteiger partial charge in [0.25, 0.3) is 0 Å². The second-order valence-electron chi connectivity index (χ2n) is 8.71. The van der Waals surface area contributed by atoms with E-state index < -0.39 is 17.0 Å². The maximum atomic E-state index is 12.1. The summed E-state index contributed by atoms with van der Waals surface area (Å²) in [7, 11) is 0. The summed E-state index contributed by atoms with van der Waals surface area (Å²) in [5.74, 6) is 0.0363.